The van der Waals surface area contributed by atoms with E-state index in [4.69, 9.17) is 9.16 Å². The van der Waals surface area contributed by atoms with Gasteiger partial charge in [0.1, 0.15) is 11.9 Å². The molecule has 0 fully saturated rings. The molecular weight excluding hydrogens is 623 g/mol. The number of aromatic nitrogens is 1. The topological polar surface area (TPSA) is 31.4 Å². The standard InChI is InChI=1S/C43H43NO2SSi/c1-42(2,3)48(40-25-15-7-16-26-40,41-27-17-8-18-28-41)45-33-39(46-38-29-31-44-32-30-38)34-47-43(35-19-9-4-10-20-35,36-21-11-5-12-22-36)37-23-13-6-14-24-37/h4-32,39H,33-34H2,1-3H3/t39-/m0/s1. The van der Waals surface area contributed by atoms with Gasteiger partial charge in [0, 0.05) is 18.1 Å². The van der Waals surface area contributed by atoms with Crippen LogP contribution >= 0.6 is 11.8 Å². The van der Waals surface area contributed by atoms with Gasteiger partial charge in [-0.25, -0.2) is 0 Å². The number of benzene rings is 5. The first kappa shape index (κ1) is 33.5. The molecule has 0 unspecified atom stereocenters. The Morgan fingerprint density at radius 1 is 0.562 bits per heavy atom. The van der Waals surface area contributed by atoms with E-state index < -0.39 is 13.1 Å². The van der Waals surface area contributed by atoms with Crippen LogP contribution in [0.1, 0.15) is 37.5 Å². The van der Waals surface area contributed by atoms with Crippen molar-refractivity contribution < 1.29 is 9.16 Å². The van der Waals surface area contributed by atoms with Crippen LogP contribution in [-0.2, 0) is 9.17 Å². The molecule has 1 heterocycles. The molecule has 0 aliphatic carbocycles. The highest BCUT2D eigenvalue weighted by Gasteiger charge is 2.50. The minimum atomic E-state index is -2.80. The van der Waals surface area contributed by atoms with Gasteiger partial charge in [0.25, 0.3) is 8.32 Å². The minimum absolute atomic E-state index is 0.147. The van der Waals surface area contributed by atoms with Crippen LogP contribution in [0.15, 0.2) is 176 Å². The number of rotatable bonds is 13. The van der Waals surface area contributed by atoms with Crippen molar-refractivity contribution >= 4 is 30.5 Å². The molecule has 6 aromatic rings. The van der Waals surface area contributed by atoms with Crippen molar-refractivity contribution in [1.29, 1.82) is 0 Å². The Morgan fingerprint density at radius 2 is 0.958 bits per heavy atom. The van der Waals surface area contributed by atoms with Gasteiger partial charge < -0.3 is 9.16 Å². The molecule has 0 saturated carbocycles. The Balaban J connectivity index is 1.43. The van der Waals surface area contributed by atoms with Gasteiger partial charge in [-0.3, -0.25) is 4.98 Å². The van der Waals surface area contributed by atoms with Crippen LogP contribution < -0.4 is 15.1 Å². The number of nitrogens with zero attached hydrogens (tertiary/aromatic N) is 1. The lowest BCUT2D eigenvalue weighted by Crippen LogP contribution is -2.67. The van der Waals surface area contributed by atoms with Crippen LogP contribution in [0, 0.1) is 0 Å². The zero-order valence-electron chi connectivity index (χ0n) is 27.9. The lowest BCUT2D eigenvalue weighted by atomic mass is 9.84. The Kier molecular flexibility index (Phi) is 10.6. The van der Waals surface area contributed by atoms with Crippen LogP contribution in [-0.4, -0.2) is 31.8 Å². The van der Waals surface area contributed by atoms with Crippen molar-refractivity contribution in [2.24, 2.45) is 0 Å². The van der Waals surface area contributed by atoms with E-state index in [1.807, 2.05) is 23.9 Å². The van der Waals surface area contributed by atoms with Crippen LogP contribution in [0.25, 0.3) is 0 Å². The molecule has 242 valence electrons. The number of pyridine rings is 1. The number of hydrogen-bond donors (Lipinski definition) is 0. The van der Waals surface area contributed by atoms with E-state index >= 15 is 0 Å². The third kappa shape index (κ3) is 7.04. The van der Waals surface area contributed by atoms with Crippen molar-refractivity contribution in [2.45, 2.75) is 36.7 Å². The summed E-state index contributed by atoms with van der Waals surface area (Å²) in [5.74, 6) is 1.46. The molecule has 0 spiro atoms. The van der Waals surface area contributed by atoms with E-state index in [0.717, 1.165) is 5.75 Å². The molecule has 3 nitrogen and oxygen atoms in total. The summed E-state index contributed by atoms with van der Waals surface area (Å²) < 4.78 is 13.8. The SMILES string of the molecule is CC(C)(C)[Si](OC[C@@H](CSC(c1ccccc1)(c1ccccc1)c1ccccc1)Oc1ccncc1)(c1ccccc1)c1ccccc1. The summed E-state index contributed by atoms with van der Waals surface area (Å²) in [5.41, 5.74) is 3.67. The summed E-state index contributed by atoms with van der Waals surface area (Å²) >= 11 is 1.90. The first-order valence-electron chi connectivity index (χ1n) is 16.6. The third-order valence-electron chi connectivity index (χ3n) is 8.88. The maximum atomic E-state index is 7.47. The van der Waals surface area contributed by atoms with Crippen molar-refractivity contribution in [3.63, 3.8) is 0 Å². The molecule has 0 aliphatic rings. The van der Waals surface area contributed by atoms with Gasteiger partial charge >= 0.3 is 0 Å². The van der Waals surface area contributed by atoms with Gasteiger partial charge in [-0.15, -0.1) is 11.8 Å². The van der Waals surface area contributed by atoms with Gasteiger partial charge in [-0.2, -0.15) is 0 Å². The van der Waals surface area contributed by atoms with E-state index in [2.05, 4.69) is 177 Å². The van der Waals surface area contributed by atoms with E-state index in [0.29, 0.717) is 12.4 Å². The third-order valence-corrected chi connectivity index (χ3v) is 15.6. The quantitative estimate of drug-likeness (QED) is 0.0910. The van der Waals surface area contributed by atoms with E-state index in [9.17, 15) is 0 Å². The molecule has 5 heteroatoms. The number of ether oxygens (including phenoxy) is 1. The maximum Gasteiger partial charge on any atom is 0.261 e. The largest absolute Gasteiger partial charge is 0.487 e. The molecule has 0 radical (unpaired) electrons. The normalized spacial score (nSPS) is 12.7. The molecule has 0 bridgehead atoms. The van der Waals surface area contributed by atoms with Crippen molar-refractivity contribution in [3.8, 4) is 5.75 Å². The summed E-state index contributed by atoms with van der Waals surface area (Å²) in [6, 6.07) is 58.0. The number of hydrogen-bond acceptors (Lipinski definition) is 4. The fraction of sp³-hybridized carbons (Fsp3) is 0.186. The van der Waals surface area contributed by atoms with Gasteiger partial charge in [-0.05, 0) is 44.2 Å². The van der Waals surface area contributed by atoms with E-state index in [-0.39, 0.29) is 11.1 Å². The summed E-state index contributed by atoms with van der Waals surface area (Å²) in [5, 5.41) is 2.36. The van der Waals surface area contributed by atoms with Crippen LogP contribution in [0.5, 0.6) is 5.75 Å². The zero-order chi connectivity index (χ0) is 33.3. The van der Waals surface area contributed by atoms with Crippen molar-refractivity contribution in [3.05, 3.63) is 193 Å². The average Bonchev–Trinajstić information content (AvgIpc) is 3.14. The Hall–Kier alpha value is -4.42. The lowest BCUT2D eigenvalue weighted by Gasteiger charge is -2.44. The smallest absolute Gasteiger partial charge is 0.261 e. The Morgan fingerprint density at radius 3 is 1.35 bits per heavy atom. The predicted molar refractivity (Wildman–Crippen MR) is 204 cm³/mol. The van der Waals surface area contributed by atoms with Gasteiger partial charge in [0.2, 0.25) is 0 Å². The molecule has 1 atom stereocenters. The van der Waals surface area contributed by atoms with Crippen LogP contribution in [0.3, 0.4) is 0 Å². The minimum Gasteiger partial charge on any atom is -0.487 e. The lowest BCUT2D eigenvalue weighted by molar-refractivity contribution is 0.140. The predicted octanol–water partition coefficient (Wildman–Crippen LogP) is 9.13. The second kappa shape index (κ2) is 15.2. The number of thioether (sulfide) groups is 1. The molecule has 5 aromatic carbocycles. The molecule has 0 aliphatic heterocycles. The highest BCUT2D eigenvalue weighted by atomic mass is 32.2. The zero-order valence-corrected chi connectivity index (χ0v) is 29.7. The molecule has 48 heavy (non-hydrogen) atoms. The van der Waals surface area contributed by atoms with Crippen molar-refractivity contribution in [2.75, 3.05) is 12.4 Å². The summed E-state index contributed by atoms with van der Waals surface area (Å²) in [7, 11) is -2.80. The molecule has 0 N–H and O–H groups in total. The second-order valence-corrected chi connectivity index (χ2v) is 18.5. The summed E-state index contributed by atoms with van der Waals surface area (Å²) in [4.78, 5) is 4.24. The maximum absolute atomic E-state index is 7.47. The van der Waals surface area contributed by atoms with Crippen molar-refractivity contribution in [1.82, 2.24) is 4.98 Å². The fourth-order valence-electron chi connectivity index (χ4n) is 6.69. The van der Waals surface area contributed by atoms with Crippen LogP contribution in [0.4, 0.5) is 0 Å². The van der Waals surface area contributed by atoms with Gasteiger partial charge in [-0.1, -0.05) is 172 Å². The highest BCUT2D eigenvalue weighted by molar-refractivity contribution is 8.00. The Bertz CT molecular complexity index is 1680. The fourth-order valence-corrected chi connectivity index (χ4v) is 12.8. The molecule has 6 rings (SSSR count). The summed E-state index contributed by atoms with van der Waals surface area (Å²) in [6.07, 6.45) is 3.31. The van der Waals surface area contributed by atoms with Crippen LogP contribution in [0.2, 0.25) is 5.04 Å². The average molecular weight is 666 g/mol. The first-order chi connectivity index (χ1) is 23.4. The molecule has 1 aromatic heterocycles. The molecule has 0 saturated heterocycles. The van der Waals surface area contributed by atoms with Gasteiger partial charge in [0.05, 0.1) is 11.4 Å². The van der Waals surface area contributed by atoms with E-state index in [1.165, 1.54) is 27.1 Å². The monoisotopic (exact) mass is 665 g/mol. The molecule has 0 amide bonds. The van der Waals surface area contributed by atoms with E-state index in [1.54, 1.807) is 12.4 Å². The first-order valence-corrected chi connectivity index (χ1v) is 19.4. The second-order valence-electron chi connectivity index (χ2n) is 13.0. The Labute approximate surface area is 291 Å². The summed E-state index contributed by atoms with van der Waals surface area (Å²) in [6.45, 7) is 7.38. The van der Waals surface area contributed by atoms with Gasteiger partial charge in [0.15, 0.2) is 0 Å². The highest BCUT2D eigenvalue weighted by Crippen LogP contribution is 2.49. The molecular formula is C43H43NO2SSi.